The third-order valence-corrected chi connectivity index (χ3v) is 4.93. The van der Waals surface area contributed by atoms with E-state index in [0.29, 0.717) is 6.04 Å². The Morgan fingerprint density at radius 1 is 1.21 bits per heavy atom. The first-order chi connectivity index (χ1) is 11.7. The highest BCUT2D eigenvalue weighted by atomic mass is 16.5. The highest BCUT2D eigenvalue weighted by Gasteiger charge is 2.33. The van der Waals surface area contributed by atoms with Crippen LogP contribution in [-0.2, 0) is 4.79 Å². The highest BCUT2D eigenvalue weighted by molar-refractivity contribution is 5.82. The molecule has 2 atom stereocenters. The maximum atomic E-state index is 12.7. The maximum Gasteiger partial charge on any atom is 0.241 e. The van der Waals surface area contributed by atoms with E-state index in [-0.39, 0.29) is 11.9 Å². The minimum atomic E-state index is -0.0839. The Balaban J connectivity index is 1.54. The molecule has 2 aliphatic rings. The normalized spacial score (nSPS) is 24.2. The Morgan fingerprint density at radius 2 is 1.96 bits per heavy atom. The van der Waals surface area contributed by atoms with Gasteiger partial charge in [0.15, 0.2) is 0 Å². The molecule has 6 nitrogen and oxygen atoms in total. The lowest BCUT2D eigenvalue weighted by Crippen LogP contribution is -2.53. The van der Waals surface area contributed by atoms with E-state index < -0.39 is 0 Å². The number of methoxy groups -OCH3 is 1. The summed E-state index contributed by atoms with van der Waals surface area (Å²) in [6.07, 6.45) is 3.13. The summed E-state index contributed by atoms with van der Waals surface area (Å²) in [7, 11) is 1.70. The fraction of sp³-hybridized carbons (Fsp3) is 0.611. The van der Waals surface area contributed by atoms with E-state index in [2.05, 4.69) is 28.7 Å². The van der Waals surface area contributed by atoms with Crippen molar-refractivity contribution in [3.63, 3.8) is 0 Å². The van der Waals surface area contributed by atoms with E-state index in [1.807, 2.05) is 23.1 Å². The molecular formula is C18H28N4O2. The van der Waals surface area contributed by atoms with Crippen molar-refractivity contribution in [2.75, 3.05) is 38.2 Å². The van der Waals surface area contributed by atoms with Crippen molar-refractivity contribution in [1.82, 2.24) is 15.8 Å². The van der Waals surface area contributed by atoms with Crippen LogP contribution in [0.25, 0.3) is 0 Å². The van der Waals surface area contributed by atoms with E-state index >= 15 is 0 Å². The molecule has 2 heterocycles. The summed E-state index contributed by atoms with van der Waals surface area (Å²) in [5, 5.41) is 0. The number of benzene rings is 1. The second-order valence-corrected chi connectivity index (χ2v) is 6.55. The van der Waals surface area contributed by atoms with Crippen LogP contribution in [-0.4, -0.2) is 56.2 Å². The van der Waals surface area contributed by atoms with Crippen LogP contribution in [0, 0.1) is 0 Å². The number of nitrogens with one attached hydrogen (secondary N) is 2. The number of ether oxygens (including phenoxy) is 1. The summed E-state index contributed by atoms with van der Waals surface area (Å²) in [6, 6.07) is 8.40. The van der Waals surface area contributed by atoms with E-state index in [1.165, 1.54) is 0 Å². The molecule has 2 fully saturated rings. The van der Waals surface area contributed by atoms with Gasteiger partial charge in [-0.1, -0.05) is 25.5 Å². The summed E-state index contributed by atoms with van der Waals surface area (Å²) in [6.45, 7) is 5.37. The zero-order chi connectivity index (χ0) is 16.9. The molecular weight excluding hydrogens is 304 g/mol. The van der Waals surface area contributed by atoms with Crippen molar-refractivity contribution in [1.29, 1.82) is 0 Å². The molecule has 132 valence electrons. The topological polar surface area (TPSA) is 56.8 Å². The molecule has 2 unspecified atom stereocenters. The molecule has 6 heteroatoms. The van der Waals surface area contributed by atoms with Crippen molar-refractivity contribution in [2.24, 2.45) is 0 Å². The molecule has 1 amide bonds. The molecule has 2 N–H and O–H groups in total. The maximum absolute atomic E-state index is 12.7. The smallest absolute Gasteiger partial charge is 0.241 e. The lowest BCUT2D eigenvalue weighted by Gasteiger charge is -2.37. The van der Waals surface area contributed by atoms with Gasteiger partial charge >= 0.3 is 0 Å². The Bertz CT molecular complexity index is 558. The van der Waals surface area contributed by atoms with Crippen LogP contribution in [0.1, 0.15) is 26.2 Å². The van der Waals surface area contributed by atoms with Gasteiger partial charge in [-0.15, -0.1) is 0 Å². The lowest BCUT2D eigenvalue weighted by molar-refractivity contribution is -0.133. The number of carbonyl (C=O) groups is 1. The van der Waals surface area contributed by atoms with Gasteiger partial charge in [-0.25, -0.2) is 5.43 Å². The predicted octanol–water partition coefficient (Wildman–Crippen LogP) is 1.38. The van der Waals surface area contributed by atoms with Gasteiger partial charge in [-0.05, 0) is 25.0 Å². The number of piperazine rings is 1. The van der Waals surface area contributed by atoms with E-state index in [0.717, 1.165) is 56.9 Å². The number of hydrazine groups is 1. The van der Waals surface area contributed by atoms with Gasteiger partial charge in [0.1, 0.15) is 11.8 Å². The van der Waals surface area contributed by atoms with Crippen LogP contribution in [0.2, 0.25) is 0 Å². The number of carbonyl (C=O) groups excluding carboxylic acids is 1. The van der Waals surface area contributed by atoms with Gasteiger partial charge in [0.05, 0.1) is 12.8 Å². The zero-order valence-electron chi connectivity index (χ0n) is 14.6. The first kappa shape index (κ1) is 17.0. The third kappa shape index (κ3) is 3.65. The van der Waals surface area contributed by atoms with E-state index in [1.54, 1.807) is 7.11 Å². The van der Waals surface area contributed by atoms with Crippen LogP contribution in [0.3, 0.4) is 0 Å². The van der Waals surface area contributed by atoms with Crippen molar-refractivity contribution < 1.29 is 9.53 Å². The Labute approximate surface area is 144 Å². The van der Waals surface area contributed by atoms with Gasteiger partial charge in [-0.3, -0.25) is 10.2 Å². The molecule has 1 aromatic rings. The summed E-state index contributed by atoms with van der Waals surface area (Å²) in [4.78, 5) is 17.0. The monoisotopic (exact) mass is 332 g/mol. The molecule has 1 aromatic carbocycles. The fourth-order valence-electron chi connectivity index (χ4n) is 3.60. The molecule has 2 aliphatic heterocycles. The van der Waals surface area contributed by atoms with E-state index in [9.17, 15) is 4.79 Å². The van der Waals surface area contributed by atoms with E-state index in [4.69, 9.17) is 4.74 Å². The average Bonchev–Trinajstić information content (AvgIpc) is 3.10. The van der Waals surface area contributed by atoms with Gasteiger partial charge in [0.25, 0.3) is 0 Å². The SMILES string of the molecule is CCCC1CC(C(=O)N2CCN(c3ccccc3OC)CC2)NN1. The van der Waals surface area contributed by atoms with Crippen LogP contribution in [0.5, 0.6) is 5.75 Å². The van der Waals surface area contributed by atoms with Crippen LogP contribution in [0.15, 0.2) is 24.3 Å². The summed E-state index contributed by atoms with van der Waals surface area (Å²) in [5.74, 6) is 1.11. The number of hydrogen-bond acceptors (Lipinski definition) is 5. The number of hydrogen-bond donors (Lipinski definition) is 2. The average molecular weight is 332 g/mol. The van der Waals surface area contributed by atoms with Gasteiger partial charge < -0.3 is 14.5 Å². The number of para-hydroxylation sites is 2. The largest absolute Gasteiger partial charge is 0.495 e. The fourth-order valence-corrected chi connectivity index (χ4v) is 3.60. The first-order valence-corrected chi connectivity index (χ1v) is 8.90. The quantitative estimate of drug-likeness (QED) is 0.853. The molecule has 24 heavy (non-hydrogen) atoms. The molecule has 2 saturated heterocycles. The summed E-state index contributed by atoms with van der Waals surface area (Å²) < 4.78 is 5.45. The Hall–Kier alpha value is -1.79. The van der Waals surface area contributed by atoms with Crippen LogP contribution in [0.4, 0.5) is 5.69 Å². The van der Waals surface area contributed by atoms with Crippen LogP contribution >= 0.6 is 0 Å². The number of anilines is 1. The van der Waals surface area contributed by atoms with Gasteiger partial charge in [0.2, 0.25) is 5.91 Å². The van der Waals surface area contributed by atoms with Gasteiger partial charge in [-0.2, -0.15) is 0 Å². The molecule has 0 aliphatic carbocycles. The highest BCUT2D eigenvalue weighted by Crippen LogP contribution is 2.28. The number of rotatable bonds is 5. The molecule has 0 radical (unpaired) electrons. The second-order valence-electron chi connectivity index (χ2n) is 6.55. The molecule has 3 rings (SSSR count). The molecule has 0 spiro atoms. The Morgan fingerprint density at radius 3 is 2.67 bits per heavy atom. The minimum Gasteiger partial charge on any atom is -0.495 e. The minimum absolute atomic E-state index is 0.0839. The zero-order valence-corrected chi connectivity index (χ0v) is 14.6. The van der Waals surface area contributed by atoms with Gasteiger partial charge in [0, 0.05) is 32.2 Å². The number of amides is 1. The Kier molecular flexibility index (Phi) is 5.58. The lowest BCUT2D eigenvalue weighted by atomic mass is 10.0. The standard InChI is InChI=1S/C18H28N4O2/c1-3-6-14-13-15(20-19-14)18(23)22-11-9-21(10-12-22)16-7-4-5-8-17(16)24-2/h4-5,7-8,14-15,19-20H,3,6,9-13H2,1-2H3. The third-order valence-electron chi connectivity index (χ3n) is 4.93. The molecule has 0 bridgehead atoms. The second kappa shape index (κ2) is 7.85. The van der Waals surface area contributed by atoms with Crippen molar-refractivity contribution >= 4 is 11.6 Å². The predicted molar refractivity (Wildman–Crippen MR) is 95.2 cm³/mol. The van der Waals surface area contributed by atoms with Crippen molar-refractivity contribution in [3.8, 4) is 5.75 Å². The number of nitrogens with zero attached hydrogens (tertiary/aromatic N) is 2. The summed E-state index contributed by atoms with van der Waals surface area (Å²) in [5.41, 5.74) is 7.53. The van der Waals surface area contributed by atoms with Crippen molar-refractivity contribution in [2.45, 2.75) is 38.3 Å². The summed E-state index contributed by atoms with van der Waals surface area (Å²) >= 11 is 0. The first-order valence-electron chi connectivity index (χ1n) is 8.90. The molecule has 0 aromatic heterocycles. The molecule has 0 saturated carbocycles. The van der Waals surface area contributed by atoms with Crippen molar-refractivity contribution in [3.05, 3.63) is 24.3 Å². The van der Waals surface area contributed by atoms with Crippen LogP contribution < -0.4 is 20.5 Å².